The van der Waals surface area contributed by atoms with Gasteiger partial charge in [-0.15, -0.1) is 5.10 Å². The number of sulfone groups is 1. The van der Waals surface area contributed by atoms with E-state index in [-0.39, 0.29) is 23.3 Å². The SMILES string of the molecule is COc1ccc(CS(=O)(=O)Cc2nnnn2C2CC2)cc1F. The molecule has 0 radical (unpaired) electrons. The highest BCUT2D eigenvalue weighted by atomic mass is 32.2. The highest BCUT2D eigenvalue weighted by Crippen LogP contribution is 2.34. The van der Waals surface area contributed by atoms with Gasteiger partial charge in [-0.25, -0.2) is 17.5 Å². The summed E-state index contributed by atoms with van der Waals surface area (Å²) in [6.07, 6.45) is 1.92. The van der Waals surface area contributed by atoms with Gasteiger partial charge in [0.05, 0.1) is 18.9 Å². The molecule has 1 aromatic carbocycles. The third-order valence-electron chi connectivity index (χ3n) is 3.41. The number of ether oxygens (including phenoxy) is 1. The van der Waals surface area contributed by atoms with Crippen LogP contribution in [-0.4, -0.2) is 35.7 Å². The fraction of sp³-hybridized carbons (Fsp3) is 0.462. The molecule has 22 heavy (non-hydrogen) atoms. The molecule has 0 N–H and O–H groups in total. The maximum Gasteiger partial charge on any atom is 0.166 e. The average Bonchev–Trinajstić information content (AvgIpc) is 3.19. The van der Waals surface area contributed by atoms with Crippen LogP contribution in [-0.2, 0) is 21.3 Å². The minimum Gasteiger partial charge on any atom is -0.494 e. The summed E-state index contributed by atoms with van der Waals surface area (Å²) in [5, 5.41) is 11.1. The van der Waals surface area contributed by atoms with E-state index in [1.165, 1.54) is 25.3 Å². The van der Waals surface area contributed by atoms with Crippen LogP contribution in [0.5, 0.6) is 5.75 Å². The standard InChI is InChI=1S/C13H15FN4O3S/c1-21-12-5-2-9(6-11(12)14)7-22(19,20)8-13-15-16-17-18(13)10-3-4-10/h2,5-6,10H,3-4,7-8H2,1H3. The van der Waals surface area contributed by atoms with Gasteiger partial charge < -0.3 is 4.74 Å². The second-order valence-electron chi connectivity index (χ2n) is 5.27. The van der Waals surface area contributed by atoms with Gasteiger partial charge in [0.1, 0.15) is 5.75 Å². The Labute approximate surface area is 127 Å². The lowest BCUT2D eigenvalue weighted by molar-refractivity contribution is 0.386. The number of tetrazole rings is 1. The van der Waals surface area contributed by atoms with Gasteiger partial charge >= 0.3 is 0 Å². The normalized spacial score (nSPS) is 15.0. The predicted molar refractivity (Wildman–Crippen MR) is 75.4 cm³/mol. The first kappa shape index (κ1) is 14.9. The second kappa shape index (κ2) is 5.64. The number of hydrogen-bond donors (Lipinski definition) is 0. The van der Waals surface area contributed by atoms with Crippen LogP contribution in [0.15, 0.2) is 18.2 Å². The van der Waals surface area contributed by atoms with Gasteiger partial charge in [-0.05, 0) is 41.0 Å². The molecule has 0 amide bonds. The van der Waals surface area contributed by atoms with E-state index < -0.39 is 15.7 Å². The molecule has 0 saturated heterocycles. The van der Waals surface area contributed by atoms with Crippen molar-refractivity contribution in [3.8, 4) is 5.75 Å². The largest absolute Gasteiger partial charge is 0.494 e. The molecule has 118 valence electrons. The van der Waals surface area contributed by atoms with Crippen molar-refractivity contribution in [2.24, 2.45) is 0 Å². The van der Waals surface area contributed by atoms with E-state index in [1.807, 2.05) is 0 Å². The van der Waals surface area contributed by atoms with Crippen molar-refractivity contribution in [3.63, 3.8) is 0 Å². The van der Waals surface area contributed by atoms with E-state index in [2.05, 4.69) is 15.5 Å². The molecule has 0 unspecified atom stereocenters. The van der Waals surface area contributed by atoms with Crippen LogP contribution in [0.1, 0.15) is 30.3 Å². The predicted octanol–water partition coefficient (Wildman–Crippen LogP) is 1.27. The Kier molecular flexibility index (Phi) is 3.81. The highest BCUT2D eigenvalue weighted by molar-refractivity contribution is 7.89. The van der Waals surface area contributed by atoms with E-state index >= 15 is 0 Å². The molecule has 1 fully saturated rings. The average molecular weight is 326 g/mol. The number of nitrogens with zero attached hydrogens (tertiary/aromatic N) is 4. The van der Waals surface area contributed by atoms with E-state index in [4.69, 9.17) is 4.74 Å². The van der Waals surface area contributed by atoms with Gasteiger partial charge in [-0.1, -0.05) is 6.07 Å². The minimum atomic E-state index is -3.49. The summed E-state index contributed by atoms with van der Waals surface area (Å²) in [5.41, 5.74) is 0.365. The molecule has 2 aromatic rings. The molecule has 7 nitrogen and oxygen atoms in total. The van der Waals surface area contributed by atoms with Gasteiger partial charge in [-0.2, -0.15) is 0 Å². The molecule has 3 rings (SSSR count). The van der Waals surface area contributed by atoms with Crippen molar-refractivity contribution in [1.82, 2.24) is 20.2 Å². The number of aromatic nitrogens is 4. The maximum atomic E-state index is 13.6. The lowest BCUT2D eigenvalue weighted by Gasteiger charge is -2.07. The number of methoxy groups -OCH3 is 1. The number of rotatable bonds is 6. The van der Waals surface area contributed by atoms with Crippen LogP contribution >= 0.6 is 0 Å². The Morgan fingerprint density at radius 1 is 1.36 bits per heavy atom. The highest BCUT2D eigenvalue weighted by Gasteiger charge is 2.29. The summed E-state index contributed by atoms with van der Waals surface area (Å²) >= 11 is 0. The quantitative estimate of drug-likeness (QED) is 0.794. The van der Waals surface area contributed by atoms with Crippen molar-refractivity contribution in [2.45, 2.75) is 30.4 Å². The summed E-state index contributed by atoms with van der Waals surface area (Å²) < 4.78 is 44.5. The lowest BCUT2D eigenvalue weighted by Crippen LogP contribution is -2.13. The summed E-state index contributed by atoms with van der Waals surface area (Å²) in [6.45, 7) is 0. The third kappa shape index (κ3) is 3.24. The molecular weight excluding hydrogens is 311 g/mol. The zero-order valence-electron chi connectivity index (χ0n) is 11.9. The molecule has 1 aliphatic rings. The molecule has 1 saturated carbocycles. The molecule has 9 heteroatoms. The van der Waals surface area contributed by atoms with Gasteiger partial charge in [0, 0.05) is 0 Å². The Morgan fingerprint density at radius 3 is 2.77 bits per heavy atom. The maximum absolute atomic E-state index is 13.6. The molecule has 0 atom stereocenters. The minimum absolute atomic E-state index is 0.0822. The second-order valence-corrected chi connectivity index (χ2v) is 7.34. The fourth-order valence-corrected chi connectivity index (χ4v) is 3.58. The molecule has 1 heterocycles. The monoisotopic (exact) mass is 326 g/mol. The molecular formula is C13H15FN4O3S. The number of benzene rings is 1. The number of hydrogen-bond acceptors (Lipinski definition) is 6. The first-order chi connectivity index (χ1) is 10.5. The first-order valence-electron chi connectivity index (χ1n) is 6.78. The zero-order valence-corrected chi connectivity index (χ0v) is 12.8. The van der Waals surface area contributed by atoms with Crippen LogP contribution < -0.4 is 4.74 Å². The Morgan fingerprint density at radius 2 is 2.14 bits per heavy atom. The molecule has 1 aliphatic carbocycles. The van der Waals surface area contributed by atoms with Gasteiger partial charge in [-0.3, -0.25) is 0 Å². The van der Waals surface area contributed by atoms with E-state index in [0.717, 1.165) is 12.8 Å². The Hall–Kier alpha value is -2.03. The van der Waals surface area contributed by atoms with Crippen molar-refractivity contribution < 1.29 is 17.5 Å². The summed E-state index contributed by atoms with van der Waals surface area (Å²) in [5.74, 6) is -0.705. The van der Waals surface area contributed by atoms with Crippen molar-refractivity contribution in [2.75, 3.05) is 7.11 Å². The van der Waals surface area contributed by atoms with E-state index in [0.29, 0.717) is 11.4 Å². The zero-order chi connectivity index (χ0) is 15.7. The van der Waals surface area contributed by atoms with Crippen molar-refractivity contribution >= 4 is 9.84 Å². The van der Waals surface area contributed by atoms with Crippen LogP contribution in [0, 0.1) is 5.82 Å². The van der Waals surface area contributed by atoms with Crippen molar-refractivity contribution in [3.05, 3.63) is 35.4 Å². The van der Waals surface area contributed by atoms with Crippen LogP contribution in [0.3, 0.4) is 0 Å². The summed E-state index contributed by atoms with van der Waals surface area (Å²) in [4.78, 5) is 0. The summed E-state index contributed by atoms with van der Waals surface area (Å²) in [7, 11) is -2.14. The summed E-state index contributed by atoms with van der Waals surface area (Å²) in [6, 6.07) is 4.32. The van der Waals surface area contributed by atoms with Crippen molar-refractivity contribution in [1.29, 1.82) is 0 Å². The van der Waals surface area contributed by atoms with Gasteiger partial charge in [0.25, 0.3) is 0 Å². The van der Waals surface area contributed by atoms with Gasteiger partial charge in [0.15, 0.2) is 27.2 Å². The Balaban J connectivity index is 1.75. The van der Waals surface area contributed by atoms with Crippen LogP contribution in [0.4, 0.5) is 4.39 Å². The molecule has 1 aromatic heterocycles. The smallest absolute Gasteiger partial charge is 0.166 e. The van der Waals surface area contributed by atoms with Gasteiger partial charge in [0.2, 0.25) is 0 Å². The van der Waals surface area contributed by atoms with Crippen LogP contribution in [0.2, 0.25) is 0 Å². The lowest BCUT2D eigenvalue weighted by atomic mass is 10.2. The van der Waals surface area contributed by atoms with E-state index in [9.17, 15) is 12.8 Å². The molecule has 0 bridgehead atoms. The Bertz CT molecular complexity index is 786. The van der Waals surface area contributed by atoms with Crippen LogP contribution in [0.25, 0.3) is 0 Å². The number of halogens is 1. The third-order valence-corrected chi connectivity index (χ3v) is 4.88. The van der Waals surface area contributed by atoms with E-state index in [1.54, 1.807) is 4.68 Å². The fourth-order valence-electron chi connectivity index (χ4n) is 2.21. The topological polar surface area (TPSA) is 87.0 Å². The first-order valence-corrected chi connectivity index (χ1v) is 8.60. The molecule has 0 spiro atoms. The molecule has 0 aliphatic heterocycles.